The topological polar surface area (TPSA) is 113 Å². The number of piperazine rings is 1. The Labute approximate surface area is 216 Å². The number of benzene rings is 2. The number of aromatic amines is 1. The lowest BCUT2D eigenvalue weighted by Gasteiger charge is -2.42. The molecule has 1 amide bonds. The van der Waals surface area contributed by atoms with E-state index in [9.17, 15) is 4.79 Å². The fourth-order valence-corrected chi connectivity index (χ4v) is 4.73. The molecule has 37 heavy (non-hydrogen) atoms. The zero-order valence-electron chi connectivity index (χ0n) is 21.7. The number of nitrogens with two attached hydrogens (primary N) is 1. The SMILES string of the molecule is Cc1n[nH]c2ccc(-c3cnc(N)c(N4CCN(C(=O)OC(C)(C)C)[C@@H](Cc5ccccc5)C4)n3)cc12. The van der Waals surface area contributed by atoms with Crippen LogP contribution in [-0.4, -0.2) is 62.4 Å². The molecule has 9 heteroatoms. The number of hydrogen-bond acceptors (Lipinski definition) is 7. The van der Waals surface area contributed by atoms with E-state index >= 15 is 0 Å². The van der Waals surface area contributed by atoms with Crippen LogP contribution in [0.3, 0.4) is 0 Å². The van der Waals surface area contributed by atoms with Gasteiger partial charge in [-0.1, -0.05) is 36.4 Å². The van der Waals surface area contributed by atoms with Crippen LogP contribution in [0.25, 0.3) is 22.2 Å². The van der Waals surface area contributed by atoms with Gasteiger partial charge in [-0.15, -0.1) is 0 Å². The van der Waals surface area contributed by atoms with E-state index in [2.05, 4.69) is 38.3 Å². The van der Waals surface area contributed by atoms with Gasteiger partial charge < -0.3 is 20.3 Å². The molecule has 2 aromatic heterocycles. The minimum atomic E-state index is -0.565. The molecule has 0 spiro atoms. The van der Waals surface area contributed by atoms with Crippen LogP contribution < -0.4 is 10.6 Å². The molecule has 5 rings (SSSR count). The smallest absolute Gasteiger partial charge is 0.410 e. The first-order valence-electron chi connectivity index (χ1n) is 12.5. The molecule has 0 bridgehead atoms. The minimum absolute atomic E-state index is 0.110. The molecule has 1 aliphatic heterocycles. The quantitative estimate of drug-likeness (QED) is 0.423. The van der Waals surface area contributed by atoms with Crippen LogP contribution in [0.15, 0.2) is 54.7 Å². The molecule has 0 saturated carbocycles. The third-order valence-corrected chi connectivity index (χ3v) is 6.55. The highest BCUT2D eigenvalue weighted by Crippen LogP contribution is 2.29. The molecular formula is C28H33N7O2. The number of fused-ring (bicyclic) bond motifs is 1. The Balaban J connectivity index is 1.44. The summed E-state index contributed by atoms with van der Waals surface area (Å²) in [6, 6.07) is 16.1. The van der Waals surface area contributed by atoms with Crippen molar-refractivity contribution in [2.45, 2.75) is 45.8 Å². The van der Waals surface area contributed by atoms with Gasteiger partial charge in [0.2, 0.25) is 0 Å². The molecule has 1 atom stereocenters. The van der Waals surface area contributed by atoms with Crippen molar-refractivity contribution in [2.75, 3.05) is 30.3 Å². The number of nitrogens with zero attached hydrogens (tertiary/aromatic N) is 5. The number of carbonyl (C=O) groups excluding carboxylic acids is 1. The lowest BCUT2D eigenvalue weighted by molar-refractivity contribution is 0.0141. The van der Waals surface area contributed by atoms with Crippen LogP contribution in [0.1, 0.15) is 32.0 Å². The normalized spacial score (nSPS) is 16.3. The molecule has 192 valence electrons. The van der Waals surface area contributed by atoms with Crippen LogP contribution in [0.2, 0.25) is 0 Å². The monoisotopic (exact) mass is 499 g/mol. The second kappa shape index (κ2) is 9.72. The predicted octanol–water partition coefficient (Wildman–Crippen LogP) is 4.58. The molecule has 2 aromatic carbocycles. The maximum absolute atomic E-state index is 13.1. The Morgan fingerprint density at radius 3 is 2.70 bits per heavy atom. The van der Waals surface area contributed by atoms with Gasteiger partial charge in [0.15, 0.2) is 11.6 Å². The minimum Gasteiger partial charge on any atom is -0.444 e. The summed E-state index contributed by atoms with van der Waals surface area (Å²) in [6.45, 7) is 9.27. The molecule has 1 aliphatic rings. The van der Waals surface area contributed by atoms with Gasteiger partial charge in [0, 0.05) is 30.6 Å². The van der Waals surface area contributed by atoms with E-state index in [1.54, 1.807) is 6.20 Å². The number of anilines is 2. The summed E-state index contributed by atoms with van der Waals surface area (Å²) in [5.74, 6) is 0.997. The maximum Gasteiger partial charge on any atom is 0.410 e. The molecule has 3 heterocycles. The number of rotatable bonds is 4. The summed E-state index contributed by atoms with van der Waals surface area (Å²) in [5.41, 5.74) is 10.5. The summed E-state index contributed by atoms with van der Waals surface area (Å²) in [6.07, 6.45) is 2.10. The Morgan fingerprint density at radius 2 is 1.95 bits per heavy atom. The van der Waals surface area contributed by atoms with Crippen molar-refractivity contribution in [2.24, 2.45) is 0 Å². The van der Waals surface area contributed by atoms with Gasteiger partial charge in [-0.2, -0.15) is 5.10 Å². The standard InChI is InChI=1S/C28H33N7O2/c1-18-22-15-20(10-11-23(22)33-32-18)24-16-30-25(29)26(31-24)34-12-13-35(27(36)37-28(2,3)4)21(17-34)14-19-8-6-5-7-9-19/h5-11,15-16,21H,12-14,17H2,1-4H3,(H2,29,30)(H,32,33)/t21-/m0/s1. The first-order chi connectivity index (χ1) is 17.7. The third kappa shape index (κ3) is 5.35. The van der Waals surface area contributed by atoms with Crippen molar-refractivity contribution in [3.63, 3.8) is 0 Å². The van der Waals surface area contributed by atoms with Crippen molar-refractivity contribution in [3.05, 3.63) is 66.0 Å². The molecular weight excluding hydrogens is 466 g/mol. The summed E-state index contributed by atoms with van der Waals surface area (Å²) in [4.78, 5) is 26.5. The van der Waals surface area contributed by atoms with Gasteiger partial charge in [-0.3, -0.25) is 5.10 Å². The second-order valence-electron chi connectivity index (χ2n) is 10.5. The van der Waals surface area contributed by atoms with Crippen molar-refractivity contribution in [3.8, 4) is 11.3 Å². The second-order valence-corrected chi connectivity index (χ2v) is 10.5. The number of carbonyl (C=O) groups is 1. The predicted molar refractivity (Wildman–Crippen MR) is 145 cm³/mol. The van der Waals surface area contributed by atoms with Crippen LogP contribution >= 0.6 is 0 Å². The fourth-order valence-electron chi connectivity index (χ4n) is 4.73. The van der Waals surface area contributed by atoms with E-state index in [1.165, 1.54) is 0 Å². The summed E-state index contributed by atoms with van der Waals surface area (Å²) < 4.78 is 5.73. The zero-order chi connectivity index (χ0) is 26.2. The van der Waals surface area contributed by atoms with E-state index < -0.39 is 5.60 Å². The highest BCUT2D eigenvalue weighted by molar-refractivity contribution is 5.86. The molecule has 0 radical (unpaired) electrons. The highest BCUT2D eigenvalue weighted by Gasteiger charge is 2.34. The fraction of sp³-hybridized carbons (Fsp3) is 0.357. The van der Waals surface area contributed by atoms with Crippen LogP contribution in [0.4, 0.5) is 16.4 Å². The number of H-pyrrole nitrogens is 1. The Morgan fingerprint density at radius 1 is 1.16 bits per heavy atom. The van der Waals surface area contributed by atoms with E-state index in [0.29, 0.717) is 37.7 Å². The van der Waals surface area contributed by atoms with Gasteiger partial charge in [0.1, 0.15) is 5.60 Å². The first kappa shape index (κ1) is 24.5. The average Bonchev–Trinajstić information content (AvgIpc) is 3.24. The summed E-state index contributed by atoms with van der Waals surface area (Å²) in [5, 5.41) is 8.37. The number of hydrogen-bond donors (Lipinski definition) is 2. The van der Waals surface area contributed by atoms with E-state index in [1.807, 2.05) is 62.9 Å². The molecule has 0 unspecified atom stereocenters. The highest BCUT2D eigenvalue weighted by atomic mass is 16.6. The lowest BCUT2D eigenvalue weighted by Crippen LogP contribution is -2.57. The Hall–Kier alpha value is -4.14. The van der Waals surface area contributed by atoms with Crippen molar-refractivity contribution < 1.29 is 9.53 Å². The number of aryl methyl sites for hydroxylation is 1. The number of aromatic nitrogens is 4. The number of amides is 1. The van der Waals surface area contributed by atoms with Crippen LogP contribution in [0.5, 0.6) is 0 Å². The van der Waals surface area contributed by atoms with E-state index in [4.69, 9.17) is 15.5 Å². The van der Waals surface area contributed by atoms with Gasteiger partial charge in [-0.05, 0) is 51.8 Å². The van der Waals surface area contributed by atoms with Gasteiger partial charge >= 0.3 is 6.09 Å². The molecule has 1 fully saturated rings. The lowest BCUT2D eigenvalue weighted by atomic mass is 10.0. The Bertz CT molecular complexity index is 1410. The molecule has 9 nitrogen and oxygen atoms in total. The molecule has 0 aliphatic carbocycles. The maximum atomic E-state index is 13.1. The molecule has 3 N–H and O–H groups in total. The van der Waals surface area contributed by atoms with Gasteiger partial charge in [-0.25, -0.2) is 14.8 Å². The van der Waals surface area contributed by atoms with Crippen molar-refractivity contribution in [1.82, 2.24) is 25.1 Å². The summed E-state index contributed by atoms with van der Waals surface area (Å²) >= 11 is 0. The largest absolute Gasteiger partial charge is 0.444 e. The van der Waals surface area contributed by atoms with E-state index in [-0.39, 0.29) is 12.1 Å². The van der Waals surface area contributed by atoms with Crippen molar-refractivity contribution in [1.29, 1.82) is 0 Å². The third-order valence-electron chi connectivity index (χ3n) is 6.55. The molecule has 4 aromatic rings. The number of nitrogens with one attached hydrogen (secondary N) is 1. The van der Waals surface area contributed by atoms with Gasteiger partial charge in [0.05, 0.1) is 29.1 Å². The number of nitrogen functional groups attached to an aromatic ring is 1. The van der Waals surface area contributed by atoms with E-state index in [0.717, 1.165) is 33.4 Å². The van der Waals surface area contributed by atoms with Gasteiger partial charge in [0.25, 0.3) is 0 Å². The van der Waals surface area contributed by atoms with Crippen molar-refractivity contribution >= 4 is 28.6 Å². The number of ether oxygens (including phenoxy) is 1. The Kier molecular flexibility index (Phi) is 6.45. The zero-order valence-corrected chi connectivity index (χ0v) is 21.7. The van der Waals surface area contributed by atoms with Crippen LogP contribution in [-0.2, 0) is 11.2 Å². The molecule has 1 saturated heterocycles. The average molecular weight is 500 g/mol. The first-order valence-corrected chi connectivity index (χ1v) is 12.5. The van der Waals surface area contributed by atoms with Crippen LogP contribution in [0, 0.1) is 6.92 Å². The summed E-state index contributed by atoms with van der Waals surface area (Å²) in [7, 11) is 0.